The average Bonchev–Trinajstić information content (AvgIpc) is 1.00. The minimum atomic E-state index is 0. The molecule has 0 fully saturated rings. The number of hydrogen-bond acceptors (Lipinski definition) is 2. The van der Waals surface area contributed by atoms with Crippen molar-refractivity contribution in [2.45, 2.75) is 7.43 Å². The van der Waals surface area contributed by atoms with Crippen LogP contribution in [0.4, 0.5) is 0 Å². The molecule has 4 heavy (non-hydrogen) atoms. The van der Waals surface area contributed by atoms with Gasteiger partial charge in [0.05, 0.1) is 0 Å². The standard InChI is InChI=1S/CH4.ClH.H4N2/c;;1-2/h1H4;1H;1-2H2. The molecule has 3 heteroatoms. The van der Waals surface area contributed by atoms with Gasteiger partial charge in [0.25, 0.3) is 0 Å². The molecule has 30 valence electrons. The van der Waals surface area contributed by atoms with Crippen molar-refractivity contribution in [2.24, 2.45) is 11.7 Å². The van der Waals surface area contributed by atoms with Crippen LogP contribution >= 0.6 is 12.4 Å². The molecule has 0 spiro atoms. The fourth-order valence-corrected chi connectivity index (χ4v) is 0. The molecule has 0 saturated heterocycles. The van der Waals surface area contributed by atoms with E-state index in [1.54, 1.807) is 0 Å². The van der Waals surface area contributed by atoms with Crippen molar-refractivity contribution in [1.29, 1.82) is 0 Å². The van der Waals surface area contributed by atoms with E-state index in [0.717, 1.165) is 0 Å². The molecular weight excluding hydrogens is 75.5 g/mol. The SMILES string of the molecule is C.Cl.NN. The Morgan fingerprint density at radius 1 is 1.00 bits per heavy atom. The van der Waals surface area contributed by atoms with E-state index >= 15 is 0 Å². The fraction of sp³-hybridized carbons (Fsp3) is 1.00. The first-order valence-corrected chi connectivity index (χ1v) is 0.333. The zero-order valence-electron chi connectivity index (χ0n) is 1.56. The van der Waals surface area contributed by atoms with Crippen LogP contribution in [-0.4, -0.2) is 0 Å². The van der Waals surface area contributed by atoms with E-state index in [1.807, 2.05) is 0 Å². The lowest BCUT2D eigenvalue weighted by molar-refractivity contribution is 1.26. The number of halogens is 1. The molecule has 0 aromatic heterocycles. The van der Waals surface area contributed by atoms with Crippen molar-refractivity contribution < 1.29 is 0 Å². The van der Waals surface area contributed by atoms with E-state index in [1.165, 1.54) is 0 Å². The Morgan fingerprint density at radius 2 is 1.00 bits per heavy atom. The van der Waals surface area contributed by atoms with Gasteiger partial charge in [-0.05, 0) is 0 Å². The molecule has 0 aliphatic carbocycles. The number of rotatable bonds is 0. The van der Waals surface area contributed by atoms with Gasteiger partial charge in [-0.3, -0.25) is 11.7 Å². The largest absolute Gasteiger partial charge is 0.274 e. The van der Waals surface area contributed by atoms with Crippen LogP contribution in [0.15, 0.2) is 0 Å². The monoisotopic (exact) mass is 84.0 g/mol. The lowest BCUT2D eigenvalue weighted by atomic mass is 12.0. The Labute approximate surface area is 32.5 Å². The van der Waals surface area contributed by atoms with Crippen LogP contribution < -0.4 is 11.7 Å². The number of nitrogens with two attached hydrogens (primary N) is 2. The summed E-state index contributed by atoms with van der Waals surface area (Å²) in [7, 11) is 0. The first kappa shape index (κ1) is 29.6. The van der Waals surface area contributed by atoms with Crippen molar-refractivity contribution >= 4 is 12.4 Å². The molecule has 0 saturated carbocycles. The van der Waals surface area contributed by atoms with Gasteiger partial charge in [-0.15, -0.1) is 12.4 Å². The molecule has 2 nitrogen and oxygen atoms in total. The molecule has 0 bridgehead atoms. The van der Waals surface area contributed by atoms with Gasteiger partial charge in [-0.25, -0.2) is 0 Å². The third-order valence-corrected chi connectivity index (χ3v) is 0. The molecular formula is CH9ClN2. The van der Waals surface area contributed by atoms with Crippen LogP contribution in [0.5, 0.6) is 0 Å². The second-order valence-corrected chi connectivity index (χ2v) is 0. The Kier molecular flexibility index (Phi) is 2630. The van der Waals surface area contributed by atoms with Crippen LogP contribution in [-0.2, 0) is 0 Å². The normalized spacial score (nSPS) is 1.50. The van der Waals surface area contributed by atoms with Crippen molar-refractivity contribution in [3.63, 3.8) is 0 Å². The van der Waals surface area contributed by atoms with Gasteiger partial charge in [0, 0.05) is 0 Å². The van der Waals surface area contributed by atoms with Crippen LogP contribution in [0.25, 0.3) is 0 Å². The topological polar surface area (TPSA) is 52.0 Å². The zero-order chi connectivity index (χ0) is 2.00. The molecule has 0 aromatic carbocycles. The van der Waals surface area contributed by atoms with Gasteiger partial charge in [0.15, 0.2) is 0 Å². The van der Waals surface area contributed by atoms with Crippen LogP contribution in [0.1, 0.15) is 7.43 Å². The first-order valence-electron chi connectivity index (χ1n) is 0.333. The lowest BCUT2D eigenvalue weighted by Gasteiger charge is -1.27. The molecule has 0 rings (SSSR count). The summed E-state index contributed by atoms with van der Waals surface area (Å²) in [6.07, 6.45) is 0. The van der Waals surface area contributed by atoms with Crippen molar-refractivity contribution in [3.8, 4) is 0 Å². The van der Waals surface area contributed by atoms with E-state index in [4.69, 9.17) is 0 Å². The van der Waals surface area contributed by atoms with E-state index in [0.29, 0.717) is 0 Å². The maximum absolute atomic E-state index is 4.00. The zero-order valence-corrected chi connectivity index (χ0v) is 2.38. The minimum absolute atomic E-state index is 0. The van der Waals surface area contributed by atoms with Gasteiger partial charge in [0.2, 0.25) is 0 Å². The van der Waals surface area contributed by atoms with Crippen molar-refractivity contribution in [2.75, 3.05) is 0 Å². The van der Waals surface area contributed by atoms with Gasteiger partial charge >= 0.3 is 0 Å². The molecule has 0 heterocycles. The molecule has 4 N–H and O–H groups in total. The van der Waals surface area contributed by atoms with Crippen LogP contribution in [0.2, 0.25) is 0 Å². The van der Waals surface area contributed by atoms with Gasteiger partial charge in [-0.1, -0.05) is 7.43 Å². The molecule has 0 amide bonds. The quantitative estimate of drug-likeness (QED) is 0.318. The Hall–Kier alpha value is 0.210. The maximum Gasteiger partial charge on any atom is -0.0776 e. The average molecular weight is 84.6 g/mol. The van der Waals surface area contributed by atoms with Crippen molar-refractivity contribution in [1.82, 2.24) is 0 Å². The Morgan fingerprint density at radius 3 is 1.00 bits per heavy atom. The van der Waals surface area contributed by atoms with E-state index in [-0.39, 0.29) is 19.8 Å². The summed E-state index contributed by atoms with van der Waals surface area (Å²) in [5.74, 6) is 8.00. The molecule has 0 aromatic rings. The highest BCUT2D eigenvalue weighted by molar-refractivity contribution is 5.85. The predicted octanol–water partition coefficient (Wildman–Crippen LogP) is -0.123. The van der Waals surface area contributed by atoms with Gasteiger partial charge in [-0.2, -0.15) is 0 Å². The van der Waals surface area contributed by atoms with E-state index < -0.39 is 0 Å². The number of hydrogen-bond donors (Lipinski definition) is 2. The predicted molar refractivity (Wildman–Crippen MR) is 22.4 cm³/mol. The molecule has 0 aliphatic rings. The van der Waals surface area contributed by atoms with E-state index in [2.05, 4.69) is 11.7 Å². The summed E-state index contributed by atoms with van der Waals surface area (Å²) in [5.41, 5.74) is 0. The maximum atomic E-state index is 4.00. The minimum Gasteiger partial charge on any atom is -0.274 e. The Balaban J connectivity index is -0.00000000500. The highest BCUT2D eigenvalue weighted by Gasteiger charge is 0.726. The van der Waals surface area contributed by atoms with E-state index in [9.17, 15) is 0 Å². The summed E-state index contributed by atoms with van der Waals surface area (Å²) in [6.45, 7) is 0. The smallest absolute Gasteiger partial charge is 0.0776 e. The van der Waals surface area contributed by atoms with Crippen LogP contribution in [0.3, 0.4) is 0 Å². The second-order valence-electron chi connectivity index (χ2n) is 0. The summed E-state index contributed by atoms with van der Waals surface area (Å²) >= 11 is 0. The van der Waals surface area contributed by atoms with Gasteiger partial charge < -0.3 is 0 Å². The molecule has 0 atom stereocenters. The summed E-state index contributed by atoms with van der Waals surface area (Å²) < 4.78 is 0. The Bertz CT molecular complexity index is 6.00. The first-order chi connectivity index (χ1) is 1.00. The summed E-state index contributed by atoms with van der Waals surface area (Å²) in [6, 6.07) is 0. The molecule has 0 radical (unpaired) electrons. The lowest BCUT2D eigenvalue weighted by Crippen LogP contribution is -2.02. The van der Waals surface area contributed by atoms with Crippen molar-refractivity contribution in [3.05, 3.63) is 0 Å². The summed E-state index contributed by atoms with van der Waals surface area (Å²) in [4.78, 5) is 0. The van der Waals surface area contributed by atoms with Gasteiger partial charge in [0.1, 0.15) is 0 Å². The highest BCUT2D eigenvalue weighted by atomic mass is 35.5. The third kappa shape index (κ3) is 73.4. The molecule has 0 unspecified atom stereocenters. The summed E-state index contributed by atoms with van der Waals surface area (Å²) in [5, 5.41) is 0. The second kappa shape index (κ2) is 356. The highest BCUT2D eigenvalue weighted by Crippen LogP contribution is 0.690. The fourth-order valence-electron chi connectivity index (χ4n) is 0. The van der Waals surface area contributed by atoms with Crippen LogP contribution in [0, 0.1) is 0 Å². The number of hydrazine groups is 1. The molecule has 0 aliphatic heterocycles. The third-order valence-electron chi connectivity index (χ3n) is 0.